The molecule has 2 aromatic carbocycles. The number of carbonyl (C=O) groups is 3. The number of hydrogen-bond donors (Lipinski definition) is 3. The fraction of sp³-hybridized carbons (Fsp3) is 0.273. The van der Waals surface area contributed by atoms with E-state index in [4.69, 9.17) is 32.7 Å². The third-order valence-electron chi connectivity index (χ3n) is 4.33. The Morgan fingerprint density at radius 2 is 1.85 bits per heavy atom. The Balaban J connectivity index is 1.93. The molecule has 2 rings (SSSR count). The van der Waals surface area contributed by atoms with Crippen molar-refractivity contribution in [1.82, 2.24) is 10.7 Å². The lowest BCUT2D eigenvalue weighted by molar-refractivity contribution is -0.139. The first-order valence-corrected chi connectivity index (χ1v) is 10.7. The maximum Gasteiger partial charge on any atom is 0.329 e. The number of rotatable bonds is 9. The van der Waals surface area contributed by atoms with E-state index in [9.17, 15) is 14.4 Å². The Kier molecular flexibility index (Phi) is 9.96. The van der Waals surface area contributed by atoms with Crippen LogP contribution in [-0.4, -0.2) is 43.7 Å². The van der Waals surface area contributed by atoms with E-state index in [-0.39, 0.29) is 12.6 Å². The molecule has 0 saturated heterocycles. The summed E-state index contributed by atoms with van der Waals surface area (Å²) >= 11 is 11.9. The molecule has 0 aromatic heterocycles. The second-order valence-electron chi connectivity index (χ2n) is 6.85. The molecule has 3 amide bonds. The Morgan fingerprint density at radius 1 is 1.09 bits per heavy atom. The standard InChI is InChI=1S/C22H24Cl2N4O5/c1-4-13(2)26-21(30)22(31)28-25-11-14-5-8-18(19(9-14)32-3)33-12-20(29)27-17-7-6-15(23)10-16(17)24/h5-11,13H,4,12H2,1-3H3,(H,26,30)(H,27,29)(H,28,31)/b25-11-/t13-/m1/s1. The van der Waals surface area contributed by atoms with Crippen molar-refractivity contribution in [3.8, 4) is 11.5 Å². The number of amides is 3. The van der Waals surface area contributed by atoms with Crippen molar-refractivity contribution in [3.63, 3.8) is 0 Å². The summed E-state index contributed by atoms with van der Waals surface area (Å²) in [4.78, 5) is 35.6. The number of anilines is 1. The van der Waals surface area contributed by atoms with Gasteiger partial charge in [-0.25, -0.2) is 5.43 Å². The van der Waals surface area contributed by atoms with Gasteiger partial charge in [0.2, 0.25) is 0 Å². The molecule has 0 fully saturated rings. The summed E-state index contributed by atoms with van der Waals surface area (Å²) < 4.78 is 10.8. The van der Waals surface area contributed by atoms with Gasteiger partial charge >= 0.3 is 11.8 Å². The molecule has 0 heterocycles. The maximum atomic E-state index is 12.2. The van der Waals surface area contributed by atoms with E-state index >= 15 is 0 Å². The van der Waals surface area contributed by atoms with Crippen LogP contribution in [0, 0.1) is 0 Å². The number of carbonyl (C=O) groups excluding carboxylic acids is 3. The van der Waals surface area contributed by atoms with E-state index in [1.807, 2.05) is 6.92 Å². The van der Waals surface area contributed by atoms with Crippen molar-refractivity contribution in [2.75, 3.05) is 19.0 Å². The van der Waals surface area contributed by atoms with Crippen LogP contribution < -0.4 is 25.5 Å². The minimum absolute atomic E-state index is 0.116. The van der Waals surface area contributed by atoms with Crippen LogP contribution in [0.25, 0.3) is 0 Å². The van der Waals surface area contributed by atoms with E-state index in [1.54, 1.807) is 37.3 Å². The van der Waals surface area contributed by atoms with Crippen LogP contribution in [0.15, 0.2) is 41.5 Å². The van der Waals surface area contributed by atoms with Crippen LogP contribution in [0.3, 0.4) is 0 Å². The topological polar surface area (TPSA) is 118 Å². The van der Waals surface area contributed by atoms with Crippen molar-refractivity contribution < 1.29 is 23.9 Å². The zero-order valence-electron chi connectivity index (χ0n) is 18.3. The molecule has 0 bridgehead atoms. The molecule has 0 spiro atoms. The van der Waals surface area contributed by atoms with Gasteiger partial charge in [0, 0.05) is 11.1 Å². The van der Waals surface area contributed by atoms with Crippen molar-refractivity contribution >= 4 is 52.8 Å². The average molecular weight is 495 g/mol. The van der Waals surface area contributed by atoms with E-state index in [0.29, 0.717) is 39.2 Å². The summed E-state index contributed by atoms with van der Waals surface area (Å²) in [6, 6.07) is 9.41. The average Bonchev–Trinajstić information content (AvgIpc) is 2.79. The number of methoxy groups -OCH3 is 1. The Hall–Kier alpha value is -3.30. The number of hydrogen-bond acceptors (Lipinski definition) is 6. The molecular formula is C22H24Cl2N4O5. The van der Waals surface area contributed by atoms with Gasteiger partial charge in [-0.1, -0.05) is 30.1 Å². The van der Waals surface area contributed by atoms with Gasteiger partial charge in [0.05, 0.1) is 24.0 Å². The molecule has 0 aliphatic rings. The Bertz CT molecular complexity index is 1050. The summed E-state index contributed by atoms with van der Waals surface area (Å²) in [7, 11) is 1.44. The van der Waals surface area contributed by atoms with Gasteiger partial charge in [-0.05, 0) is 55.3 Å². The highest BCUT2D eigenvalue weighted by Gasteiger charge is 2.14. The third kappa shape index (κ3) is 8.28. The third-order valence-corrected chi connectivity index (χ3v) is 4.88. The number of nitrogens with zero attached hydrogens (tertiary/aromatic N) is 1. The van der Waals surface area contributed by atoms with Crippen molar-refractivity contribution in [2.45, 2.75) is 26.3 Å². The fourth-order valence-electron chi connectivity index (χ4n) is 2.41. The lowest BCUT2D eigenvalue weighted by atomic mass is 10.2. The van der Waals surface area contributed by atoms with Crippen LogP contribution in [0.5, 0.6) is 11.5 Å². The maximum absolute atomic E-state index is 12.2. The lowest BCUT2D eigenvalue weighted by Crippen LogP contribution is -2.41. The van der Waals surface area contributed by atoms with E-state index in [1.165, 1.54) is 19.4 Å². The van der Waals surface area contributed by atoms with Crippen LogP contribution in [-0.2, 0) is 14.4 Å². The zero-order chi connectivity index (χ0) is 24.4. The minimum atomic E-state index is -0.870. The zero-order valence-corrected chi connectivity index (χ0v) is 19.8. The highest BCUT2D eigenvalue weighted by Crippen LogP contribution is 2.28. The quantitative estimate of drug-likeness (QED) is 0.280. The van der Waals surface area contributed by atoms with E-state index < -0.39 is 17.7 Å². The van der Waals surface area contributed by atoms with Gasteiger partial charge in [0.15, 0.2) is 18.1 Å². The van der Waals surface area contributed by atoms with Crippen molar-refractivity contribution in [3.05, 3.63) is 52.0 Å². The first kappa shape index (κ1) is 26.0. The predicted molar refractivity (Wildman–Crippen MR) is 127 cm³/mol. The van der Waals surface area contributed by atoms with Gasteiger partial charge in [0.25, 0.3) is 5.91 Å². The highest BCUT2D eigenvalue weighted by molar-refractivity contribution is 6.36. The van der Waals surface area contributed by atoms with Crippen molar-refractivity contribution in [1.29, 1.82) is 0 Å². The van der Waals surface area contributed by atoms with Crippen LogP contribution in [0.2, 0.25) is 10.0 Å². The van der Waals surface area contributed by atoms with Gasteiger partial charge < -0.3 is 20.1 Å². The molecule has 0 aliphatic heterocycles. The molecule has 176 valence electrons. The molecule has 1 atom stereocenters. The Morgan fingerprint density at radius 3 is 2.52 bits per heavy atom. The van der Waals surface area contributed by atoms with Gasteiger partial charge in [-0.15, -0.1) is 0 Å². The largest absolute Gasteiger partial charge is 0.493 e. The molecule has 0 saturated carbocycles. The highest BCUT2D eigenvalue weighted by atomic mass is 35.5. The molecule has 0 aliphatic carbocycles. The SMILES string of the molecule is CC[C@@H](C)NC(=O)C(=O)N/N=C\c1ccc(OCC(=O)Nc2ccc(Cl)cc2Cl)c(OC)c1. The summed E-state index contributed by atoms with van der Waals surface area (Å²) in [5.41, 5.74) is 3.14. The second kappa shape index (κ2) is 12.7. The molecule has 0 unspecified atom stereocenters. The number of ether oxygens (including phenoxy) is 2. The van der Waals surface area contributed by atoms with E-state index in [2.05, 4.69) is 21.2 Å². The summed E-state index contributed by atoms with van der Waals surface area (Å²) in [5, 5.41) is 9.70. The predicted octanol–water partition coefficient (Wildman–Crippen LogP) is 3.38. The molecule has 11 heteroatoms. The first-order valence-electron chi connectivity index (χ1n) is 9.93. The summed E-state index contributed by atoms with van der Waals surface area (Å²) in [6.07, 6.45) is 2.04. The first-order chi connectivity index (χ1) is 15.7. The summed E-state index contributed by atoms with van der Waals surface area (Å²) in [5.74, 6) is -1.39. The Labute approximate surface area is 201 Å². The molecular weight excluding hydrogens is 471 g/mol. The number of halogens is 2. The van der Waals surface area contributed by atoms with Gasteiger partial charge in [-0.3, -0.25) is 14.4 Å². The van der Waals surface area contributed by atoms with Crippen molar-refractivity contribution in [2.24, 2.45) is 5.10 Å². The number of benzene rings is 2. The van der Waals surface area contributed by atoms with Crippen LogP contribution in [0.4, 0.5) is 5.69 Å². The molecule has 2 aromatic rings. The van der Waals surface area contributed by atoms with Crippen LogP contribution >= 0.6 is 23.2 Å². The number of hydrazone groups is 1. The van der Waals surface area contributed by atoms with Gasteiger partial charge in [-0.2, -0.15) is 5.10 Å². The smallest absolute Gasteiger partial charge is 0.329 e. The summed E-state index contributed by atoms with van der Waals surface area (Å²) in [6.45, 7) is 3.40. The van der Waals surface area contributed by atoms with Crippen LogP contribution in [0.1, 0.15) is 25.8 Å². The van der Waals surface area contributed by atoms with E-state index in [0.717, 1.165) is 0 Å². The molecule has 3 N–H and O–H groups in total. The lowest BCUT2D eigenvalue weighted by Gasteiger charge is -2.12. The normalized spacial score (nSPS) is 11.5. The molecule has 0 radical (unpaired) electrons. The monoisotopic (exact) mass is 494 g/mol. The number of nitrogens with one attached hydrogen (secondary N) is 3. The molecule has 9 nitrogen and oxygen atoms in total. The minimum Gasteiger partial charge on any atom is -0.493 e. The molecule has 33 heavy (non-hydrogen) atoms. The van der Waals surface area contributed by atoms with Gasteiger partial charge in [0.1, 0.15) is 0 Å². The fourth-order valence-corrected chi connectivity index (χ4v) is 2.87. The second-order valence-corrected chi connectivity index (χ2v) is 7.70.